The maximum atomic E-state index is 10.1. The molecule has 3 nitrogen and oxygen atoms in total. The largest absolute Gasteiger partial charge is 0.506 e. The van der Waals surface area contributed by atoms with E-state index in [9.17, 15) is 5.11 Å². The van der Waals surface area contributed by atoms with Crippen LogP contribution in [0, 0.1) is 0 Å². The van der Waals surface area contributed by atoms with E-state index < -0.39 is 0 Å². The molecule has 0 saturated carbocycles. The van der Waals surface area contributed by atoms with Gasteiger partial charge in [-0.3, -0.25) is 4.90 Å². The van der Waals surface area contributed by atoms with Crippen molar-refractivity contribution in [2.45, 2.75) is 13.0 Å². The van der Waals surface area contributed by atoms with Crippen LogP contribution in [-0.4, -0.2) is 36.2 Å². The zero-order valence-electron chi connectivity index (χ0n) is 9.71. The Bertz CT molecular complexity index is 408. The number of phenols is 1. The summed E-state index contributed by atoms with van der Waals surface area (Å²) in [7, 11) is 0. The van der Waals surface area contributed by atoms with Gasteiger partial charge in [0.25, 0.3) is 0 Å². The molecule has 1 aromatic rings. The summed E-state index contributed by atoms with van der Waals surface area (Å²) >= 11 is 9.45. The summed E-state index contributed by atoms with van der Waals surface area (Å²) < 4.78 is 0.908. The van der Waals surface area contributed by atoms with Crippen LogP contribution < -0.4 is 5.32 Å². The lowest BCUT2D eigenvalue weighted by Crippen LogP contribution is -2.44. The van der Waals surface area contributed by atoms with Gasteiger partial charge in [0, 0.05) is 42.3 Å². The second-order valence-corrected chi connectivity index (χ2v) is 5.51. The van der Waals surface area contributed by atoms with Crippen LogP contribution in [0.1, 0.15) is 18.5 Å². The minimum atomic E-state index is 0.158. The van der Waals surface area contributed by atoms with E-state index in [1.165, 1.54) is 0 Å². The number of hydrogen-bond acceptors (Lipinski definition) is 3. The van der Waals surface area contributed by atoms with Gasteiger partial charge in [0.15, 0.2) is 0 Å². The molecule has 1 heterocycles. The molecule has 0 bridgehead atoms. The standard InChI is InChI=1S/C12H16BrClN2O/c1-8(16-6-4-15-5-7-16)11-9(13)2-3-10(14)12(11)17/h2-3,8,15,17H,4-7H2,1H3/t8-/m1/s1. The van der Waals surface area contributed by atoms with Gasteiger partial charge in [0.05, 0.1) is 5.02 Å². The summed E-state index contributed by atoms with van der Waals surface area (Å²) in [4.78, 5) is 2.34. The molecule has 94 valence electrons. The summed E-state index contributed by atoms with van der Waals surface area (Å²) in [5.74, 6) is 0.187. The highest BCUT2D eigenvalue weighted by Gasteiger charge is 2.23. The second kappa shape index (κ2) is 5.57. The SMILES string of the molecule is C[C@H](c1c(Br)ccc(Cl)c1O)N1CCNCC1. The molecule has 0 aliphatic carbocycles. The molecule has 2 rings (SSSR count). The van der Waals surface area contributed by atoms with Crippen molar-refractivity contribution in [2.75, 3.05) is 26.2 Å². The molecule has 1 aliphatic heterocycles. The number of rotatable bonds is 2. The van der Waals surface area contributed by atoms with E-state index in [4.69, 9.17) is 11.6 Å². The maximum absolute atomic E-state index is 10.1. The van der Waals surface area contributed by atoms with Gasteiger partial charge in [-0.2, -0.15) is 0 Å². The average molecular weight is 320 g/mol. The number of benzene rings is 1. The first-order valence-electron chi connectivity index (χ1n) is 5.73. The number of hydrogen-bond donors (Lipinski definition) is 2. The highest BCUT2D eigenvalue weighted by atomic mass is 79.9. The first-order valence-corrected chi connectivity index (χ1v) is 6.90. The second-order valence-electron chi connectivity index (χ2n) is 4.25. The summed E-state index contributed by atoms with van der Waals surface area (Å²) in [5.41, 5.74) is 0.874. The Morgan fingerprint density at radius 2 is 2.06 bits per heavy atom. The van der Waals surface area contributed by atoms with Gasteiger partial charge in [-0.05, 0) is 19.1 Å². The first-order chi connectivity index (χ1) is 8.11. The lowest BCUT2D eigenvalue weighted by Gasteiger charge is -2.33. The molecule has 1 aromatic carbocycles. The Kier molecular flexibility index (Phi) is 4.31. The molecule has 0 amide bonds. The number of nitrogens with zero attached hydrogens (tertiary/aromatic N) is 1. The Morgan fingerprint density at radius 1 is 1.41 bits per heavy atom. The summed E-state index contributed by atoms with van der Waals surface area (Å²) in [6.07, 6.45) is 0. The van der Waals surface area contributed by atoms with Crippen LogP contribution in [0.4, 0.5) is 0 Å². The molecular weight excluding hydrogens is 304 g/mol. The van der Waals surface area contributed by atoms with Crippen molar-refractivity contribution in [3.05, 3.63) is 27.2 Å². The fraction of sp³-hybridized carbons (Fsp3) is 0.500. The Labute approximate surface area is 115 Å². The fourth-order valence-corrected chi connectivity index (χ4v) is 3.02. The van der Waals surface area contributed by atoms with E-state index in [-0.39, 0.29) is 11.8 Å². The highest BCUT2D eigenvalue weighted by molar-refractivity contribution is 9.10. The lowest BCUT2D eigenvalue weighted by atomic mass is 10.0. The maximum Gasteiger partial charge on any atom is 0.140 e. The third-order valence-corrected chi connectivity index (χ3v) is 4.23. The van der Waals surface area contributed by atoms with Crippen molar-refractivity contribution in [2.24, 2.45) is 0 Å². The van der Waals surface area contributed by atoms with E-state index in [2.05, 4.69) is 33.1 Å². The summed E-state index contributed by atoms with van der Waals surface area (Å²) in [6.45, 7) is 6.05. The van der Waals surface area contributed by atoms with Gasteiger partial charge >= 0.3 is 0 Å². The zero-order valence-corrected chi connectivity index (χ0v) is 12.1. The lowest BCUT2D eigenvalue weighted by molar-refractivity contribution is 0.182. The van der Waals surface area contributed by atoms with E-state index in [0.717, 1.165) is 36.2 Å². The first kappa shape index (κ1) is 13.1. The van der Waals surface area contributed by atoms with Crippen molar-refractivity contribution < 1.29 is 5.11 Å². The Morgan fingerprint density at radius 3 is 2.71 bits per heavy atom. The van der Waals surface area contributed by atoms with E-state index in [1.54, 1.807) is 6.07 Å². The molecule has 2 N–H and O–H groups in total. The molecule has 0 unspecified atom stereocenters. The smallest absolute Gasteiger partial charge is 0.140 e. The van der Waals surface area contributed by atoms with Crippen molar-refractivity contribution in [1.29, 1.82) is 0 Å². The molecule has 0 spiro atoms. The van der Waals surface area contributed by atoms with Crippen LogP contribution in [0.3, 0.4) is 0 Å². The van der Waals surface area contributed by atoms with Crippen LogP contribution in [0.2, 0.25) is 5.02 Å². The van der Waals surface area contributed by atoms with Crippen LogP contribution in [0.15, 0.2) is 16.6 Å². The van der Waals surface area contributed by atoms with Gasteiger partial charge in [-0.1, -0.05) is 27.5 Å². The molecule has 5 heteroatoms. The van der Waals surface area contributed by atoms with E-state index in [1.807, 2.05) is 6.07 Å². The number of halogens is 2. The average Bonchev–Trinajstić information content (AvgIpc) is 2.35. The summed E-state index contributed by atoms with van der Waals surface area (Å²) in [5, 5.41) is 13.8. The molecule has 17 heavy (non-hydrogen) atoms. The quantitative estimate of drug-likeness (QED) is 0.880. The van der Waals surface area contributed by atoms with Crippen LogP contribution in [0.25, 0.3) is 0 Å². The number of aromatic hydroxyl groups is 1. The predicted molar refractivity (Wildman–Crippen MR) is 73.7 cm³/mol. The third kappa shape index (κ3) is 2.76. The van der Waals surface area contributed by atoms with Crippen LogP contribution in [-0.2, 0) is 0 Å². The van der Waals surface area contributed by atoms with Crippen molar-refractivity contribution in [1.82, 2.24) is 10.2 Å². The monoisotopic (exact) mass is 318 g/mol. The molecular formula is C12H16BrClN2O. The van der Waals surface area contributed by atoms with Crippen molar-refractivity contribution in [3.63, 3.8) is 0 Å². The Balaban J connectivity index is 2.29. The van der Waals surface area contributed by atoms with Crippen LogP contribution in [0.5, 0.6) is 5.75 Å². The third-order valence-electron chi connectivity index (χ3n) is 3.23. The topological polar surface area (TPSA) is 35.5 Å². The van der Waals surface area contributed by atoms with Crippen molar-refractivity contribution in [3.8, 4) is 5.75 Å². The normalized spacial score (nSPS) is 19.2. The van der Waals surface area contributed by atoms with Gasteiger partial charge < -0.3 is 10.4 Å². The molecule has 0 aromatic heterocycles. The highest BCUT2D eigenvalue weighted by Crippen LogP contribution is 2.39. The molecule has 1 aliphatic rings. The minimum Gasteiger partial charge on any atom is -0.506 e. The predicted octanol–water partition coefficient (Wildman–Crippen LogP) is 2.77. The molecule has 1 atom stereocenters. The Hall–Kier alpha value is -0.290. The molecule has 1 saturated heterocycles. The number of nitrogens with one attached hydrogen (secondary N) is 1. The van der Waals surface area contributed by atoms with Gasteiger partial charge in [0.1, 0.15) is 5.75 Å². The number of piperazine rings is 1. The van der Waals surface area contributed by atoms with Gasteiger partial charge in [0.2, 0.25) is 0 Å². The fourth-order valence-electron chi connectivity index (χ4n) is 2.21. The van der Waals surface area contributed by atoms with E-state index in [0.29, 0.717) is 5.02 Å². The van der Waals surface area contributed by atoms with Gasteiger partial charge in [-0.25, -0.2) is 0 Å². The van der Waals surface area contributed by atoms with Crippen LogP contribution >= 0.6 is 27.5 Å². The van der Waals surface area contributed by atoms with E-state index >= 15 is 0 Å². The number of phenolic OH excluding ortho intramolecular Hbond substituents is 1. The van der Waals surface area contributed by atoms with Gasteiger partial charge in [-0.15, -0.1) is 0 Å². The van der Waals surface area contributed by atoms with Crippen molar-refractivity contribution >= 4 is 27.5 Å². The zero-order chi connectivity index (χ0) is 12.4. The minimum absolute atomic E-state index is 0.158. The summed E-state index contributed by atoms with van der Waals surface area (Å²) in [6, 6.07) is 3.75. The molecule has 0 radical (unpaired) electrons. The molecule has 1 fully saturated rings.